The van der Waals surface area contributed by atoms with Crippen molar-refractivity contribution in [3.8, 4) is 16.9 Å². The van der Waals surface area contributed by atoms with E-state index >= 15 is 0 Å². The van der Waals surface area contributed by atoms with Gasteiger partial charge in [-0.1, -0.05) is 66.2 Å². The summed E-state index contributed by atoms with van der Waals surface area (Å²) in [6.07, 6.45) is 0. The number of aryl methyl sites for hydroxylation is 1. The quantitative estimate of drug-likeness (QED) is 0.312. The molecule has 5 aromatic rings. The molecule has 162 valence electrons. The van der Waals surface area contributed by atoms with Crippen molar-refractivity contribution in [1.82, 2.24) is 9.99 Å². The highest BCUT2D eigenvalue weighted by Gasteiger charge is 2.14. The van der Waals surface area contributed by atoms with Gasteiger partial charge in [0.15, 0.2) is 0 Å². The summed E-state index contributed by atoms with van der Waals surface area (Å²) < 4.78 is 7.24. The van der Waals surface area contributed by atoms with E-state index in [1.54, 1.807) is 18.2 Å². The van der Waals surface area contributed by atoms with E-state index in [2.05, 4.69) is 34.8 Å². The molecule has 0 radical (unpaired) electrons. The standard InChI is InChI=1S/C26H19N3O3S/c1-17-11-13-18(14-12-17)22-16-33-26(29(22)20-8-3-2-4-9-20)28-27-24(30)21-15-19-7-5-6-10-23(19)32-25(21)31/h2-16H,1H3,(H,27,30)/b28-26+. The first-order chi connectivity index (χ1) is 16.1. The second-order valence-corrected chi connectivity index (χ2v) is 8.32. The van der Waals surface area contributed by atoms with Gasteiger partial charge in [0.1, 0.15) is 11.1 Å². The zero-order valence-electron chi connectivity index (χ0n) is 17.7. The Morgan fingerprint density at radius 1 is 0.970 bits per heavy atom. The first kappa shape index (κ1) is 20.7. The van der Waals surface area contributed by atoms with Gasteiger partial charge in [-0.2, -0.15) is 0 Å². The Kier molecular flexibility index (Phi) is 5.46. The molecule has 0 aliphatic carbocycles. The van der Waals surface area contributed by atoms with Gasteiger partial charge in [0, 0.05) is 16.5 Å². The number of benzene rings is 3. The Balaban J connectivity index is 1.56. The van der Waals surface area contributed by atoms with Gasteiger partial charge in [-0.25, -0.2) is 10.2 Å². The van der Waals surface area contributed by atoms with E-state index in [0.717, 1.165) is 16.9 Å². The van der Waals surface area contributed by atoms with Gasteiger partial charge >= 0.3 is 5.63 Å². The Hall–Kier alpha value is -4.23. The van der Waals surface area contributed by atoms with Gasteiger partial charge in [-0.15, -0.1) is 16.4 Å². The lowest BCUT2D eigenvalue weighted by atomic mass is 10.1. The number of carbonyl (C=O) groups is 1. The summed E-state index contributed by atoms with van der Waals surface area (Å²) in [4.78, 5) is 25.7. The minimum Gasteiger partial charge on any atom is -0.422 e. The lowest BCUT2D eigenvalue weighted by molar-refractivity contribution is 0.0949. The van der Waals surface area contributed by atoms with Crippen LogP contribution < -0.4 is 15.9 Å². The van der Waals surface area contributed by atoms with Crippen LogP contribution >= 0.6 is 11.3 Å². The number of para-hydroxylation sites is 2. The van der Waals surface area contributed by atoms with Gasteiger partial charge in [0.2, 0.25) is 4.80 Å². The molecule has 0 aliphatic rings. The number of amides is 1. The number of hydrogen-bond donors (Lipinski definition) is 1. The Labute approximate surface area is 193 Å². The molecule has 1 N–H and O–H groups in total. The number of thiazole rings is 1. The van der Waals surface area contributed by atoms with Crippen LogP contribution in [0.4, 0.5) is 0 Å². The van der Waals surface area contributed by atoms with E-state index < -0.39 is 11.5 Å². The van der Waals surface area contributed by atoms with E-state index in [-0.39, 0.29) is 5.56 Å². The van der Waals surface area contributed by atoms with Gasteiger partial charge in [-0.05, 0) is 36.8 Å². The maximum absolute atomic E-state index is 12.8. The zero-order valence-corrected chi connectivity index (χ0v) is 18.5. The molecular weight excluding hydrogens is 434 g/mol. The van der Waals surface area contributed by atoms with Crippen molar-refractivity contribution in [3.05, 3.63) is 117 Å². The molecule has 0 bridgehead atoms. The van der Waals surface area contributed by atoms with Crippen molar-refractivity contribution >= 4 is 28.2 Å². The van der Waals surface area contributed by atoms with Crippen molar-refractivity contribution in [2.24, 2.45) is 5.10 Å². The molecule has 0 aliphatic heterocycles. The van der Waals surface area contributed by atoms with E-state index in [4.69, 9.17) is 4.42 Å². The number of carbonyl (C=O) groups excluding carboxylic acids is 1. The molecule has 2 aromatic heterocycles. The van der Waals surface area contributed by atoms with Crippen molar-refractivity contribution < 1.29 is 9.21 Å². The van der Waals surface area contributed by atoms with Crippen LogP contribution in [0.5, 0.6) is 0 Å². The normalized spacial score (nSPS) is 11.6. The third-order valence-corrected chi connectivity index (χ3v) is 6.03. The molecule has 7 heteroatoms. The topological polar surface area (TPSA) is 76.6 Å². The molecule has 1 amide bonds. The van der Waals surface area contributed by atoms with Gasteiger partial charge in [0.25, 0.3) is 5.91 Å². The molecule has 2 heterocycles. The fourth-order valence-corrected chi connectivity index (χ4v) is 4.39. The van der Waals surface area contributed by atoms with Crippen LogP contribution in [0, 0.1) is 6.92 Å². The van der Waals surface area contributed by atoms with Crippen LogP contribution in [-0.2, 0) is 0 Å². The monoisotopic (exact) mass is 453 g/mol. The molecule has 5 rings (SSSR count). The Bertz CT molecular complexity index is 1580. The highest BCUT2D eigenvalue weighted by molar-refractivity contribution is 7.07. The van der Waals surface area contributed by atoms with Crippen LogP contribution in [0.2, 0.25) is 0 Å². The highest BCUT2D eigenvalue weighted by atomic mass is 32.1. The minimum absolute atomic E-state index is 0.0981. The van der Waals surface area contributed by atoms with E-state index in [1.807, 2.05) is 53.3 Å². The third-order valence-electron chi connectivity index (χ3n) is 5.21. The molecule has 0 fully saturated rings. The number of aromatic nitrogens is 1. The largest absolute Gasteiger partial charge is 0.422 e. The summed E-state index contributed by atoms with van der Waals surface area (Å²) in [6.45, 7) is 2.04. The molecule has 0 unspecified atom stereocenters. The van der Waals surface area contributed by atoms with Crippen molar-refractivity contribution in [3.63, 3.8) is 0 Å². The molecule has 3 aromatic carbocycles. The lowest BCUT2D eigenvalue weighted by Crippen LogP contribution is -2.27. The predicted molar refractivity (Wildman–Crippen MR) is 129 cm³/mol. The fraction of sp³-hybridized carbons (Fsp3) is 0.0385. The average molecular weight is 454 g/mol. The number of nitrogens with zero attached hydrogens (tertiary/aromatic N) is 2. The van der Waals surface area contributed by atoms with E-state index in [9.17, 15) is 9.59 Å². The number of rotatable bonds is 4. The summed E-state index contributed by atoms with van der Waals surface area (Å²) in [5.74, 6) is -0.626. The number of fused-ring (bicyclic) bond motifs is 1. The van der Waals surface area contributed by atoms with Crippen molar-refractivity contribution in [1.29, 1.82) is 0 Å². The fourth-order valence-electron chi connectivity index (χ4n) is 3.52. The molecule has 0 saturated carbocycles. The van der Waals surface area contributed by atoms with Gasteiger partial charge in [0.05, 0.1) is 5.69 Å². The zero-order chi connectivity index (χ0) is 22.8. The number of nitrogens with one attached hydrogen (secondary N) is 1. The third kappa shape index (κ3) is 4.14. The molecule has 0 saturated heterocycles. The van der Waals surface area contributed by atoms with E-state index in [1.165, 1.54) is 23.0 Å². The van der Waals surface area contributed by atoms with Crippen LogP contribution in [0.1, 0.15) is 15.9 Å². The first-order valence-electron chi connectivity index (χ1n) is 10.3. The molecule has 33 heavy (non-hydrogen) atoms. The van der Waals surface area contributed by atoms with Crippen molar-refractivity contribution in [2.75, 3.05) is 0 Å². The minimum atomic E-state index is -0.705. The lowest BCUT2D eigenvalue weighted by Gasteiger charge is -2.09. The number of hydrogen-bond acceptors (Lipinski definition) is 5. The molecule has 0 spiro atoms. The van der Waals surface area contributed by atoms with Crippen LogP contribution in [-0.4, -0.2) is 10.5 Å². The summed E-state index contributed by atoms with van der Waals surface area (Å²) in [6, 6.07) is 26.6. The molecule has 0 atom stereocenters. The van der Waals surface area contributed by atoms with Gasteiger partial charge < -0.3 is 4.42 Å². The summed E-state index contributed by atoms with van der Waals surface area (Å²) in [5, 5.41) is 7.00. The van der Waals surface area contributed by atoms with Crippen LogP contribution in [0.15, 0.2) is 105 Å². The van der Waals surface area contributed by atoms with Crippen LogP contribution in [0.3, 0.4) is 0 Å². The predicted octanol–water partition coefficient (Wildman–Crippen LogP) is 4.87. The smallest absolute Gasteiger partial charge is 0.349 e. The van der Waals surface area contributed by atoms with Crippen LogP contribution in [0.25, 0.3) is 27.9 Å². The maximum Gasteiger partial charge on any atom is 0.349 e. The summed E-state index contributed by atoms with van der Waals surface area (Å²) in [5.41, 5.74) is 6.21. The summed E-state index contributed by atoms with van der Waals surface area (Å²) in [7, 11) is 0. The first-order valence-corrected chi connectivity index (χ1v) is 11.2. The average Bonchev–Trinajstić information content (AvgIpc) is 3.27. The van der Waals surface area contributed by atoms with Gasteiger partial charge in [-0.3, -0.25) is 9.36 Å². The van der Waals surface area contributed by atoms with E-state index in [0.29, 0.717) is 15.8 Å². The second kappa shape index (κ2) is 8.72. The Morgan fingerprint density at radius 2 is 1.70 bits per heavy atom. The Morgan fingerprint density at radius 3 is 2.48 bits per heavy atom. The second-order valence-electron chi connectivity index (χ2n) is 7.48. The highest BCUT2D eigenvalue weighted by Crippen LogP contribution is 2.23. The SMILES string of the molecule is Cc1ccc(-c2cs/c(=N/NC(=O)c3cc4ccccc4oc3=O)n2-c2ccccc2)cc1. The maximum atomic E-state index is 12.8. The summed E-state index contributed by atoms with van der Waals surface area (Å²) >= 11 is 1.39. The molecular formula is C26H19N3O3S. The molecule has 6 nitrogen and oxygen atoms in total. The van der Waals surface area contributed by atoms with Crippen molar-refractivity contribution in [2.45, 2.75) is 6.92 Å².